The van der Waals surface area contributed by atoms with E-state index >= 15 is 0 Å². The summed E-state index contributed by atoms with van der Waals surface area (Å²) >= 11 is 6.19. The number of nitrogens with one attached hydrogen (secondary N) is 1. The van der Waals surface area contributed by atoms with E-state index in [-0.39, 0.29) is 5.91 Å². The fourth-order valence-corrected chi connectivity index (χ4v) is 2.95. The van der Waals surface area contributed by atoms with Gasteiger partial charge < -0.3 is 14.8 Å². The molecule has 8 heteroatoms. The van der Waals surface area contributed by atoms with E-state index in [0.717, 1.165) is 5.56 Å². The molecule has 28 heavy (non-hydrogen) atoms. The molecule has 144 valence electrons. The Morgan fingerprint density at radius 2 is 2.07 bits per heavy atom. The molecule has 0 radical (unpaired) electrons. The van der Waals surface area contributed by atoms with Crippen LogP contribution in [-0.4, -0.2) is 34.9 Å². The van der Waals surface area contributed by atoms with Gasteiger partial charge in [0.15, 0.2) is 11.5 Å². The lowest BCUT2D eigenvalue weighted by molar-refractivity contribution is -0.111. The Balaban J connectivity index is 1.73. The Bertz CT molecular complexity index is 987. The van der Waals surface area contributed by atoms with Crippen molar-refractivity contribution in [3.8, 4) is 11.5 Å². The standard InChI is InChI=1S/C20H19ClN4O3/c1-27-18-10-14(9-16(21)20(18)28-2)7-8-19(26)24-17-6-4-3-5-15(17)11-25-13-22-12-23-25/h3-10,12-13H,11H2,1-2H3,(H,24,26). The highest BCUT2D eigenvalue weighted by Gasteiger charge is 2.10. The van der Waals surface area contributed by atoms with E-state index in [9.17, 15) is 4.79 Å². The van der Waals surface area contributed by atoms with Crippen LogP contribution in [-0.2, 0) is 11.3 Å². The highest BCUT2D eigenvalue weighted by molar-refractivity contribution is 6.32. The number of methoxy groups -OCH3 is 2. The van der Waals surface area contributed by atoms with E-state index < -0.39 is 0 Å². The van der Waals surface area contributed by atoms with Crippen LogP contribution in [0.1, 0.15) is 11.1 Å². The number of carbonyl (C=O) groups is 1. The van der Waals surface area contributed by atoms with Crippen molar-refractivity contribution in [2.24, 2.45) is 0 Å². The van der Waals surface area contributed by atoms with Gasteiger partial charge in [0, 0.05) is 11.8 Å². The quantitative estimate of drug-likeness (QED) is 0.614. The number of nitrogens with zero attached hydrogens (tertiary/aromatic N) is 3. The van der Waals surface area contributed by atoms with Gasteiger partial charge in [-0.05, 0) is 35.4 Å². The zero-order chi connectivity index (χ0) is 19.9. The topological polar surface area (TPSA) is 78.3 Å². The summed E-state index contributed by atoms with van der Waals surface area (Å²) in [6, 6.07) is 11.0. The first-order valence-electron chi connectivity index (χ1n) is 8.41. The SMILES string of the molecule is COc1cc(C=CC(=O)Nc2ccccc2Cn2cncn2)cc(Cl)c1OC. The highest BCUT2D eigenvalue weighted by Crippen LogP contribution is 2.36. The van der Waals surface area contributed by atoms with E-state index in [2.05, 4.69) is 15.4 Å². The molecular formula is C20H19ClN4O3. The van der Waals surface area contributed by atoms with Crippen molar-refractivity contribution in [2.45, 2.75) is 6.54 Å². The summed E-state index contributed by atoms with van der Waals surface area (Å²) < 4.78 is 12.2. The Morgan fingerprint density at radius 1 is 1.25 bits per heavy atom. The third-order valence-corrected chi connectivity index (χ3v) is 4.24. The maximum atomic E-state index is 12.4. The van der Waals surface area contributed by atoms with Gasteiger partial charge in [-0.1, -0.05) is 29.8 Å². The highest BCUT2D eigenvalue weighted by atomic mass is 35.5. The van der Waals surface area contributed by atoms with Crippen LogP contribution in [0.25, 0.3) is 6.08 Å². The fourth-order valence-electron chi connectivity index (χ4n) is 2.65. The molecule has 0 aliphatic rings. The lowest BCUT2D eigenvalue weighted by Gasteiger charge is -2.11. The minimum Gasteiger partial charge on any atom is -0.493 e. The molecule has 0 unspecified atom stereocenters. The van der Waals surface area contributed by atoms with E-state index in [1.165, 1.54) is 26.6 Å². The van der Waals surface area contributed by atoms with Crippen molar-refractivity contribution >= 4 is 29.3 Å². The molecule has 1 N–H and O–H groups in total. The third kappa shape index (κ3) is 4.69. The Kier molecular flexibility index (Phi) is 6.29. The number of hydrogen-bond acceptors (Lipinski definition) is 5. The average molecular weight is 399 g/mol. The zero-order valence-corrected chi connectivity index (χ0v) is 16.2. The summed E-state index contributed by atoms with van der Waals surface area (Å²) in [7, 11) is 3.05. The number of hydrogen-bond donors (Lipinski definition) is 1. The second-order valence-electron chi connectivity index (χ2n) is 5.81. The number of carbonyl (C=O) groups excluding carboxylic acids is 1. The Hall–Kier alpha value is -3.32. The van der Waals surface area contributed by atoms with Crippen molar-refractivity contribution in [3.05, 3.63) is 71.3 Å². The van der Waals surface area contributed by atoms with Crippen LogP contribution in [0.4, 0.5) is 5.69 Å². The van der Waals surface area contributed by atoms with Crippen molar-refractivity contribution in [1.82, 2.24) is 14.8 Å². The Labute approximate surface area is 167 Å². The van der Waals surface area contributed by atoms with Gasteiger partial charge in [0.1, 0.15) is 12.7 Å². The number of halogens is 1. The van der Waals surface area contributed by atoms with Crippen molar-refractivity contribution in [1.29, 1.82) is 0 Å². The molecule has 0 atom stereocenters. The lowest BCUT2D eigenvalue weighted by atomic mass is 10.1. The molecule has 0 saturated carbocycles. The van der Waals surface area contributed by atoms with E-state index in [0.29, 0.717) is 34.3 Å². The molecule has 0 fully saturated rings. The van der Waals surface area contributed by atoms with Crippen LogP contribution in [0.15, 0.2) is 55.1 Å². The minimum absolute atomic E-state index is 0.267. The van der Waals surface area contributed by atoms with Crippen LogP contribution in [0.5, 0.6) is 11.5 Å². The van der Waals surface area contributed by atoms with Gasteiger partial charge in [-0.25, -0.2) is 9.67 Å². The molecule has 0 bridgehead atoms. The molecule has 0 aliphatic carbocycles. The molecule has 0 saturated heterocycles. The molecule has 3 aromatic rings. The van der Waals surface area contributed by atoms with Gasteiger partial charge in [-0.3, -0.25) is 4.79 Å². The molecule has 1 aromatic heterocycles. The summed E-state index contributed by atoms with van der Waals surface area (Å²) in [5.74, 6) is 0.679. The normalized spacial score (nSPS) is 10.8. The molecule has 1 heterocycles. The number of rotatable bonds is 7. The molecule has 3 rings (SSSR count). The van der Waals surface area contributed by atoms with Crippen LogP contribution in [0.3, 0.4) is 0 Å². The zero-order valence-electron chi connectivity index (χ0n) is 15.4. The molecule has 0 spiro atoms. The van der Waals surface area contributed by atoms with Crippen LogP contribution >= 0.6 is 11.6 Å². The van der Waals surface area contributed by atoms with E-state index in [1.54, 1.807) is 29.2 Å². The number of anilines is 1. The van der Waals surface area contributed by atoms with Crippen LogP contribution < -0.4 is 14.8 Å². The summed E-state index contributed by atoms with van der Waals surface area (Å²) in [5, 5.41) is 7.38. The predicted octanol–water partition coefficient (Wildman–Crippen LogP) is 3.65. The minimum atomic E-state index is -0.267. The molecule has 1 amide bonds. The number of benzene rings is 2. The molecular weight excluding hydrogens is 380 g/mol. The van der Waals surface area contributed by atoms with Gasteiger partial charge in [-0.2, -0.15) is 5.10 Å². The number of para-hydroxylation sites is 1. The fraction of sp³-hybridized carbons (Fsp3) is 0.150. The lowest BCUT2D eigenvalue weighted by Crippen LogP contribution is -2.11. The molecule has 2 aromatic carbocycles. The summed E-state index contributed by atoms with van der Waals surface area (Å²) in [4.78, 5) is 16.3. The summed E-state index contributed by atoms with van der Waals surface area (Å²) in [5.41, 5.74) is 2.34. The maximum Gasteiger partial charge on any atom is 0.248 e. The van der Waals surface area contributed by atoms with Crippen LogP contribution in [0.2, 0.25) is 5.02 Å². The van der Waals surface area contributed by atoms with Crippen LogP contribution in [0, 0.1) is 0 Å². The summed E-state index contributed by atoms with van der Waals surface area (Å²) in [6.45, 7) is 0.505. The Morgan fingerprint density at radius 3 is 2.79 bits per heavy atom. The predicted molar refractivity (Wildman–Crippen MR) is 108 cm³/mol. The molecule has 0 aliphatic heterocycles. The summed E-state index contributed by atoms with van der Waals surface area (Å²) in [6.07, 6.45) is 6.19. The van der Waals surface area contributed by atoms with Crippen molar-refractivity contribution in [2.75, 3.05) is 19.5 Å². The molecule has 7 nitrogen and oxygen atoms in total. The second kappa shape index (κ2) is 9.05. The van der Waals surface area contributed by atoms with Gasteiger partial charge in [0.05, 0.1) is 25.8 Å². The number of ether oxygens (including phenoxy) is 2. The smallest absolute Gasteiger partial charge is 0.248 e. The third-order valence-electron chi connectivity index (χ3n) is 3.96. The van der Waals surface area contributed by atoms with Gasteiger partial charge in [0.2, 0.25) is 5.91 Å². The largest absolute Gasteiger partial charge is 0.493 e. The first-order chi connectivity index (χ1) is 13.6. The number of aromatic nitrogens is 3. The van der Waals surface area contributed by atoms with Crippen molar-refractivity contribution < 1.29 is 14.3 Å². The number of amides is 1. The maximum absolute atomic E-state index is 12.4. The first-order valence-corrected chi connectivity index (χ1v) is 8.79. The van der Waals surface area contributed by atoms with E-state index in [1.807, 2.05) is 24.3 Å². The monoisotopic (exact) mass is 398 g/mol. The second-order valence-corrected chi connectivity index (χ2v) is 6.22. The van der Waals surface area contributed by atoms with Gasteiger partial charge in [-0.15, -0.1) is 0 Å². The van der Waals surface area contributed by atoms with Gasteiger partial charge in [0.25, 0.3) is 0 Å². The van der Waals surface area contributed by atoms with E-state index in [4.69, 9.17) is 21.1 Å². The first kappa shape index (κ1) is 19.4. The van der Waals surface area contributed by atoms with Gasteiger partial charge >= 0.3 is 0 Å². The average Bonchev–Trinajstić information content (AvgIpc) is 3.20. The van der Waals surface area contributed by atoms with Crippen molar-refractivity contribution in [3.63, 3.8) is 0 Å².